The third-order valence-corrected chi connectivity index (χ3v) is 1.56. The lowest BCUT2D eigenvalue weighted by molar-refractivity contribution is 0.569. The highest BCUT2D eigenvalue weighted by Crippen LogP contribution is 2.11. The Morgan fingerprint density at radius 2 is 2.00 bits per heavy atom. The zero-order valence-corrected chi connectivity index (χ0v) is 7.06. The number of anilines is 1. The molecule has 2 aromatic rings. The van der Waals surface area contributed by atoms with Gasteiger partial charge in [0.1, 0.15) is 6.26 Å². The topological polar surface area (TPSA) is 63.8 Å². The van der Waals surface area contributed by atoms with Gasteiger partial charge in [0, 0.05) is 7.05 Å². The summed E-state index contributed by atoms with van der Waals surface area (Å²) in [5.41, 5.74) is 0.857. The molecule has 1 N–H and O–H groups in total. The van der Waals surface area contributed by atoms with E-state index in [0.29, 0.717) is 11.7 Å². The lowest BCUT2D eigenvalue weighted by Gasteiger charge is -1.97. The molecule has 0 atom stereocenters. The van der Waals surface area contributed by atoms with Crippen LogP contribution in [0.1, 0.15) is 0 Å². The van der Waals surface area contributed by atoms with Crippen LogP contribution >= 0.6 is 0 Å². The second-order valence-corrected chi connectivity index (χ2v) is 2.38. The summed E-state index contributed by atoms with van der Waals surface area (Å²) in [4.78, 5) is 12.1. The molecular weight excluding hydrogens is 168 g/mol. The predicted octanol–water partition coefficient (Wildman–Crippen LogP) is 1.17. The fraction of sp³-hybridized carbons (Fsp3) is 0.125. The van der Waals surface area contributed by atoms with Gasteiger partial charge in [-0.05, 0) is 0 Å². The monoisotopic (exact) mass is 176 g/mol. The fourth-order valence-electron chi connectivity index (χ4n) is 0.901. The number of rotatable bonds is 2. The van der Waals surface area contributed by atoms with E-state index in [1.807, 2.05) is 7.05 Å². The van der Waals surface area contributed by atoms with Crippen LogP contribution in [0.5, 0.6) is 0 Å². The molecule has 0 unspecified atom stereocenters. The highest BCUT2D eigenvalue weighted by atomic mass is 16.3. The Kier molecular flexibility index (Phi) is 1.91. The molecule has 0 saturated heterocycles. The summed E-state index contributed by atoms with van der Waals surface area (Å²) in [7, 11) is 1.81. The molecule has 0 saturated carbocycles. The average molecular weight is 176 g/mol. The Bertz CT molecular complexity index is 368. The van der Waals surface area contributed by atoms with Crippen molar-refractivity contribution in [2.45, 2.75) is 0 Å². The van der Waals surface area contributed by atoms with Gasteiger partial charge in [-0.1, -0.05) is 0 Å². The van der Waals surface area contributed by atoms with Crippen LogP contribution < -0.4 is 5.32 Å². The molecule has 0 aliphatic heterocycles. The largest absolute Gasteiger partial charge is 0.442 e. The molecule has 0 bridgehead atoms. The normalized spacial score (nSPS) is 9.92. The van der Waals surface area contributed by atoms with Gasteiger partial charge in [-0.2, -0.15) is 0 Å². The standard InChI is InChI=1S/C8H8N4O/c1-9-6-4-11-7(12-5-6)8-10-2-3-13-8/h2-5,9H,1H3. The van der Waals surface area contributed by atoms with Crippen LogP contribution in [-0.2, 0) is 0 Å². The summed E-state index contributed by atoms with van der Waals surface area (Å²) in [6, 6.07) is 0. The number of hydrogen-bond acceptors (Lipinski definition) is 5. The van der Waals surface area contributed by atoms with E-state index >= 15 is 0 Å². The fourth-order valence-corrected chi connectivity index (χ4v) is 0.901. The molecular formula is C8H8N4O. The molecule has 0 radical (unpaired) electrons. The quantitative estimate of drug-likeness (QED) is 0.744. The van der Waals surface area contributed by atoms with Gasteiger partial charge < -0.3 is 9.73 Å². The van der Waals surface area contributed by atoms with Gasteiger partial charge >= 0.3 is 0 Å². The van der Waals surface area contributed by atoms with Gasteiger partial charge in [0.25, 0.3) is 5.89 Å². The van der Waals surface area contributed by atoms with E-state index in [1.165, 1.54) is 6.26 Å². The Balaban J connectivity index is 2.33. The van der Waals surface area contributed by atoms with Crippen molar-refractivity contribution in [3.8, 4) is 11.7 Å². The summed E-state index contributed by atoms with van der Waals surface area (Å²) < 4.78 is 5.04. The van der Waals surface area contributed by atoms with Crippen LogP contribution in [0, 0.1) is 0 Å². The van der Waals surface area contributed by atoms with Crippen LogP contribution in [0.4, 0.5) is 5.69 Å². The van der Waals surface area contributed by atoms with Crippen LogP contribution in [0.2, 0.25) is 0 Å². The maximum atomic E-state index is 5.04. The lowest BCUT2D eigenvalue weighted by atomic mass is 10.5. The molecule has 2 rings (SSSR count). The first-order valence-electron chi connectivity index (χ1n) is 3.80. The van der Waals surface area contributed by atoms with Crippen LogP contribution in [-0.4, -0.2) is 22.0 Å². The first-order chi connectivity index (χ1) is 6.40. The van der Waals surface area contributed by atoms with E-state index in [0.717, 1.165) is 5.69 Å². The Morgan fingerprint density at radius 1 is 1.23 bits per heavy atom. The molecule has 0 fully saturated rings. The van der Waals surface area contributed by atoms with Gasteiger partial charge in [-0.25, -0.2) is 15.0 Å². The Morgan fingerprint density at radius 3 is 2.54 bits per heavy atom. The van der Waals surface area contributed by atoms with Crippen molar-refractivity contribution in [1.29, 1.82) is 0 Å². The van der Waals surface area contributed by atoms with Crippen molar-refractivity contribution in [1.82, 2.24) is 15.0 Å². The molecule has 5 heteroatoms. The van der Waals surface area contributed by atoms with Crippen molar-refractivity contribution in [2.75, 3.05) is 12.4 Å². The minimum absolute atomic E-state index is 0.433. The predicted molar refractivity (Wildman–Crippen MR) is 47.1 cm³/mol. The lowest BCUT2D eigenvalue weighted by Crippen LogP contribution is -1.93. The molecule has 0 aliphatic rings. The zero-order valence-electron chi connectivity index (χ0n) is 7.06. The molecule has 0 aliphatic carbocycles. The summed E-state index contributed by atoms with van der Waals surface area (Å²) in [6.45, 7) is 0. The Hall–Kier alpha value is -1.91. The van der Waals surface area contributed by atoms with E-state index in [1.54, 1.807) is 18.6 Å². The average Bonchev–Trinajstić information content (AvgIpc) is 2.71. The molecule has 13 heavy (non-hydrogen) atoms. The zero-order chi connectivity index (χ0) is 9.10. The Labute approximate surface area is 74.9 Å². The van der Waals surface area contributed by atoms with E-state index in [9.17, 15) is 0 Å². The minimum atomic E-state index is 0.433. The summed E-state index contributed by atoms with van der Waals surface area (Å²) in [5, 5.41) is 2.92. The first-order valence-corrected chi connectivity index (χ1v) is 3.80. The number of oxazole rings is 1. The van der Waals surface area contributed by atoms with Gasteiger partial charge in [-0.15, -0.1) is 0 Å². The maximum Gasteiger partial charge on any atom is 0.264 e. The summed E-state index contributed by atoms with van der Waals surface area (Å²) in [5.74, 6) is 0.923. The van der Waals surface area contributed by atoms with E-state index in [2.05, 4.69) is 20.3 Å². The maximum absolute atomic E-state index is 5.04. The minimum Gasteiger partial charge on any atom is -0.442 e. The molecule has 0 aromatic carbocycles. The van der Waals surface area contributed by atoms with Crippen molar-refractivity contribution < 1.29 is 4.42 Å². The summed E-state index contributed by atoms with van der Waals surface area (Å²) >= 11 is 0. The molecule has 5 nitrogen and oxygen atoms in total. The van der Waals surface area contributed by atoms with Crippen molar-refractivity contribution in [2.24, 2.45) is 0 Å². The second kappa shape index (κ2) is 3.22. The molecule has 2 aromatic heterocycles. The van der Waals surface area contributed by atoms with Gasteiger partial charge in [0.15, 0.2) is 0 Å². The number of aromatic nitrogens is 3. The highest BCUT2D eigenvalue weighted by Gasteiger charge is 2.04. The van der Waals surface area contributed by atoms with E-state index in [-0.39, 0.29) is 0 Å². The molecule has 0 spiro atoms. The number of nitrogens with zero attached hydrogens (tertiary/aromatic N) is 3. The molecule has 2 heterocycles. The summed E-state index contributed by atoms with van der Waals surface area (Å²) in [6.07, 6.45) is 6.40. The van der Waals surface area contributed by atoms with Gasteiger partial charge in [0.2, 0.25) is 5.82 Å². The molecule has 66 valence electrons. The van der Waals surface area contributed by atoms with Crippen LogP contribution in [0.15, 0.2) is 29.3 Å². The van der Waals surface area contributed by atoms with Crippen molar-refractivity contribution in [3.63, 3.8) is 0 Å². The van der Waals surface area contributed by atoms with Crippen molar-refractivity contribution in [3.05, 3.63) is 24.9 Å². The number of nitrogens with one attached hydrogen (secondary N) is 1. The number of hydrogen-bond donors (Lipinski definition) is 1. The van der Waals surface area contributed by atoms with Gasteiger partial charge in [-0.3, -0.25) is 0 Å². The molecule has 0 amide bonds. The first kappa shape index (κ1) is 7.72. The van der Waals surface area contributed by atoms with E-state index < -0.39 is 0 Å². The van der Waals surface area contributed by atoms with Gasteiger partial charge in [0.05, 0.1) is 24.3 Å². The third-order valence-electron chi connectivity index (χ3n) is 1.56. The highest BCUT2D eigenvalue weighted by molar-refractivity contribution is 5.44. The van der Waals surface area contributed by atoms with Crippen LogP contribution in [0.3, 0.4) is 0 Å². The third kappa shape index (κ3) is 1.48. The van der Waals surface area contributed by atoms with Crippen LogP contribution in [0.25, 0.3) is 11.7 Å². The van der Waals surface area contributed by atoms with Crippen molar-refractivity contribution >= 4 is 5.69 Å². The smallest absolute Gasteiger partial charge is 0.264 e. The second-order valence-electron chi connectivity index (χ2n) is 2.38. The van der Waals surface area contributed by atoms with E-state index in [4.69, 9.17) is 4.42 Å². The SMILES string of the molecule is CNc1cnc(-c2ncco2)nc1.